The number of methoxy groups -OCH3 is 1. The Morgan fingerprint density at radius 2 is 2.00 bits per heavy atom. The van der Waals surface area contributed by atoms with Crippen molar-refractivity contribution >= 4 is 16.7 Å². The van der Waals surface area contributed by atoms with Gasteiger partial charge < -0.3 is 10.1 Å². The van der Waals surface area contributed by atoms with Gasteiger partial charge in [-0.15, -0.1) is 0 Å². The van der Waals surface area contributed by atoms with Crippen LogP contribution in [0.1, 0.15) is 32.0 Å². The van der Waals surface area contributed by atoms with Crippen LogP contribution in [0.25, 0.3) is 10.9 Å². The van der Waals surface area contributed by atoms with E-state index in [1.807, 2.05) is 0 Å². The molecule has 2 aromatic rings. The third-order valence-corrected chi connectivity index (χ3v) is 4.19. The van der Waals surface area contributed by atoms with Crippen molar-refractivity contribution in [2.45, 2.75) is 38.4 Å². The number of benzene rings is 1. The van der Waals surface area contributed by atoms with Crippen molar-refractivity contribution < 1.29 is 17.9 Å². The predicted molar refractivity (Wildman–Crippen MR) is 81.5 cm³/mol. The minimum Gasteiger partial charge on any atom is -0.497 e. The molecule has 1 aromatic carbocycles. The molecule has 0 bridgehead atoms. The van der Waals surface area contributed by atoms with Gasteiger partial charge in [0.1, 0.15) is 11.6 Å². The van der Waals surface area contributed by atoms with Crippen molar-refractivity contribution in [1.82, 2.24) is 9.97 Å². The smallest absolute Gasteiger partial charge is 0.451 e. The SMILES string of the molecule is COc1ccc2nc(C(F)(F)F)nc(NC3CCC(C)C3)c2c1. The predicted octanol–water partition coefficient (Wildman–Crippen LogP) is 4.26. The van der Waals surface area contributed by atoms with E-state index in [1.165, 1.54) is 13.2 Å². The van der Waals surface area contributed by atoms with Crippen LogP contribution in [-0.4, -0.2) is 23.1 Å². The number of halogens is 3. The highest BCUT2D eigenvalue weighted by Crippen LogP contribution is 2.34. The van der Waals surface area contributed by atoms with E-state index in [0.29, 0.717) is 17.1 Å². The van der Waals surface area contributed by atoms with Crippen LogP contribution in [0.5, 0.6) is 5.75 Å². The quantitative estimate of drug-likeness (QED) is 0.916. The fourth-order valence-corrected chi connectivity index (χ4v) is 3.00. The summed E-state index contributed by atoms with van der Waals surface area (Å²) in [6, 6.07) is 4.91. The van der Waals surface area contributed by atoms with Gasteiger partial charge in [0.05, 0.1) is 12.6 Å². The summed E-state index contributed by atoms with van der Waals surface area (Å²) in [4.78, 5) is 7.37. The third-order valence-electron chi connectivity index (χ3n) is 4.19. The Hall–Kier alpha value is -2.05. The normalized spacial score (nSPS) is 21.6. The van der Waals surface area contributed by atoms with E-state index in [1.54, 1.807) is 12.1 Å². The summed E-state index contributed by atoms with van der Waals surface area (Å²) in [5.41, 5.74) is 0.252. The molecule has 23 heavy (non-hydrogen) atoms. The molecule has 1 saturated carbocycles. The number of hydrogen-bond acceptors (Lipinski definition) is 4. The largest absolute Gasteiger partial charge is 0.497 e. The monoisotopic (exact) mass is 325 g/mol. The lowest BCUT2D eigenvalue weighted by Crippen LogP contribution is -2.19. The number of nitrogens with one attached hydrogen (secondary N) is 1. The zero-order valence-electron chi connectivity index (χ0n) is 12.9. The summed E-state index contributed by atoms with van der Waals surface area (Å²) < 4.78 is 44.3. The summed E-state index contributed by atoms with van der Waals surface area (Å²) in [6.07, 6.45) is -1.65. The molecular weight excluding hydrogens is 307 g/mol. The molecule has 2 unspecified atom stereocenters. The van der Waals surface area contributed by atoms with Gasteiger partial charge in [-0.2, -0.15) is 13.2 Å². The van der Waals surface area contributed by atoms with Gasteiger partial charge in [-0.1, -0.05) is 6.92 Å². The molecule has 3 rings (SSSR count). The Bertz CT molecular complexity index is 718. The summed E-state index contributed by atoms with van der Waals surface area (Å²) in [5, 5.41) is 3.71. The molecule has 1 heterocycles. The van der Waals surface area contributed by atoms with Gasteiger partial charge >= 0.3 is 6.18 Å². The van der Waals surface area contributed by atoms with Crippen molar-refractivity contribution in [3.8, 4) is 5.75 Å². The maximum atomic E-state index is 13.0. The molecule has 0 spiro atoms. The first-order chi connectivity index (χ1) is 10.9. The van der Waals surface area contributed by atoms with Crippen LogP contribution in [0, 0.1) is 5.92 Å². The van der Waals surface area contributed by atoms with Crippen LogP contribution in [0.4, 0.5) is 19.0 Å². The Morgan fingerprint density at radius 3 is 2.61 bits per heavy atom. The number of alkyl halides is 3. The number of aromatic nitrogens is 2. The lowest BCUT2D eigenvalue weighted by molar-refractivity contribution is -0.144. The second-order valence-corrected chi connectivity index (χ2v) is 6.04. The molecule has 2 atom stereocenters. The third kappa shape index (κ3) is 3.33. The average Bonchev–Trinajstić information content (AvgIpc) is 2.91. The van der Waals surface area contributed by atoms with Crippen molar-refractivity contribution in [3.63, 3.8) is 0 Å². The summed E-state index contributed by atoms with van der Waals surface area (Å²) in [7, 11) is 1.51. The molecule has 1 aliphatic carbocycles. The molecule has 4 nitrogen and oxygen atoms in total. The molecule has 0 radical (unpaired) electrons. The van der Waals surface area contributed by atoms with Crippen LogP contribution in [-0.2, 0) is 6.18 Å². The summed E-state index contributed by atoms with van der Waals surface area (Å²) in [6.45, 7) is 2.14. The van der Waals surface area contributed by atoms with Crippen LogP contribution in [0.2, 0.25) is 0 Å². The molecule has 124 valence electrons. The van der Waals surface area contributed by atoms with Crippen LogP contribution in [0.3, 0.4) is 0 Å². The van der Waals surface area contributed by atoms with Crippen LogP contribution in [0.15, 0.2) is 18.2 Å². The first kappa shape index (κ1) is 15.8. The molecule has 1 fully saturated rings. The van der Waals surface area contributed by atoms with Crippen molar-refractivity contribution in [2.75, 3.05) is 12.4 Å². The Labute approximate surface area is 132 Å². The minimum absolute atomic E-state index is 0.135. The van der Waals surface area contributed by atoms with Gasteiger partial charge in [0, 0.05) is 11.4 Å². The number of rotatable bonds is 3. The highest BCUT2D eigenvalue weighted by molar-refractivity contribution is 5.90. The number of fused-ring (bicyclic) bond motifs is 1. The van der Waals surface area contributed by atoms with Gasteiger partial charge in [-0.3, -0.25) is 0 Å². The maximum Gasteiger partial charge on any atom is 0.451 e. The zero-order chi connectivity index (χ0) is 16.6. The highest BCUT2D eigenvalue weighted by atomic mass is 19.4. The Morgan fingerprint density at radius 1 is 1.22 bits per heavy atom. The summed E-state index contributed by atoms with van der Waals surface area (Å²) in [5.74, 6) is 0.227. The second-order valence-electron chi connectivity index (χ2n) is 6.04. The van der Waals surface area contributed by atoms with E-state index in [9.17, 15) is 13.2 Å². The Balaban J connectivity index is 2.07. The van der Waals surface area contributed by atoms with Gasteiger partial charge in [-0.25, -0.2) is 9.97 Å². The standard InChI is InChI=1S/C16H18F3N3O/c1-9-3-4-10(7-9)20-14-12-8-11(23-2)5-6-13(12)21-15(22-14)16(17,18)19/h5-6,8-10H,3-4,7H2,1-2H3,(H,20,21,22). The van der Waals surface area contributed by atoms with E-state index in [4.69, 9.17) is 4.74 Å². The highest BCUT2D eigenvalue weighted by Gasteiger charge is 2.36. The lowest BCUT2D eigenvalue weighted by atomic mass is 10.1. The van der Waals surface area contributed by atoms with Gasteiger partial charge in [0.25, 0.3) is 0 Å². The van der Waals surface area contributed by atoms with Crippen molar-refractivity contribution in [2.24, 2.45) is 5.92 Å². The minimum atomic E-state index is -4.58. The van der Waals surface area contributed by atoms with Crippen molar-refractivity contribution in [1.29, 1.82) is 0 Å². The number of ether oxygens (including phenoxy) is 1. The fraction of sp³-hybridized carbons (Fsp3) is 0.500. The maximum absolute atomic E-state index is 13.0. The van der Waals surface area contributed by atoms with E-state index >= 15 is 0 Å². The van der Waals surface area contributed by atoms with E-state index in [2.05, 4.69) is 22.2 Å². The fourth-order valence-electron chi connectivity index (χ4n) is 3.00. The average molecular weight is 325 g/mol. The molecule has 1 aromatic heterocycles. The van der Waals surface area contributed by atoms with E-state index in [0.717, 1.165) is 19.3 Å². The van der Waals surface area contributed by atoms with E-state index < -0.39 is 12.0 Å². The first-order valence-corrected chi connectivity index (χ1v) is 7.56. The molecule has 0 aliphatic heterocycles. The van der Waals surface area contributed by atoms with E-state index in [-0.39, 0.29) is 17.4 Å². The number of nitrogens with zero attached hydrogens (tertiary/aromatic N) is 2. The zero-order valence-corrected chi connectivity index (χ0v) is 12.9. The number of hydrogen-bond donors (Lipinski definition) is 1. The van der Waals surface area contributed by atoms with Gasteiger partial charge in [-0.05, 0) is 43.4 Å². The van der Waals surface area contributed by atoms with Crippen LogP contribution < -0.4 is 10.1 Å². The lowest BCUT2D eigenvalue weighted by Gasteiger charge is -2.17. The van der Waals surface area contributed by atoms with Crippen molar-refractivity contribution in [3.05, 3.63) is 24.0 Å². The Kier molecular flexibility index (Phi) is 4.04. The topological polar surface area (TPSA) is 47.0 Å². The number of anilines is 1. The molecule has 1 N–H and O–H groups in total. The molecule has 7 heteroatoms. The van der Waals surface area contributed by atoms with Crippen LogP contribution >= 0.6 is 0 Å². The molecule has 0 amide bonds. The summed E-state index contributed by atoms with van der Waals surface area (Å²) >= 11 is 0. The molecule has 0 saturated heterocycles. The molecule has 1 aliphatic rings. The first-order valence-electron chi connectivity index (χ1n) is 7.56. The molecular formula is C16H18F3N3O. The second kappa shape index (κ2) is 5.86. The van der Waals surface area contributed by atoms with Gasteiger partial charge in [0.15, 0.2) is 0 Å². The van der Waals surface area contributed by atoms with Gasteiger partial charge in [0.2, 0.25) is 5.82 Å².